The van der Waals surface area contributed by atoms with E-state index >= 15 is 0 Å². The molecule has 1 aromatic rings. The summed E-state index contributed by atoms with van der Waals surface area (Å²) in [5.74, 6) is -0.642. The second kappa shape index (κ2) is 16.1. The molecule has 196 valence electrons. The molecular formula is C25H41N5O5. The van der Waals surface area contributed by atoms with Crippen LogP contribution in [0.25, 0.3) is 0 Å². The highest BCUT2D eigenvalue weighted by molar-refractivity contribution is 5.96. The van der Waals surface area contributed by atoms with Crippen LogP contribution >= 0.6 is 0 Å². The zero-order valence-corrected chi connectivity index (χ0v) is 22.2. The van der Waals surface area contributed by atoms with Crippen LogP contribution in [0.2, 0.25) is 0 Å². The summed E-state index contributed by atoms with van der Waals surface area (Å²) in [4.78, 5) is 50.8. The summed E-state index contributed by atoms with van der Waals surface area (Å²) in [5.41, 5.74) is -0.0304. The Morgan fingerprint density at radius 3 is 2.06 bits per heavy atom. The van der Waals surface area contributed by atoms with Crippen molar-refractivity contribution in [3.05, 3.63) is 55.7 Å². The van der Waals surface area contributed by atoms with Crippen LogP contribution in [0, 0.1) is 0 Å². The van der Waals surface area contributed by atoms with E-state index in [1.807, 2.05) is 13.8 Å². The van der Waals surface area contributed by atoms with Crippen LogP contribution < -0.4 is 26.8 Å². The van der Waals surface area contributed by atoms with Crippen LogP contribution in [0.3, 0.4) is 0 Å². The maximum absolute atomic E-state index is 12.4. The standard InChI is InChI=1S/C22H33N5O5.C3H8/c1-7-23-17-18(20(30)19(17)29)25-14(3)10-9-11-16(15(4)28)21(31)24-12-13-27(8-2)22(32)26(5)6;1-3-2/h9-11,23,25,28H,7-8,12-13H2,1-6H3,(H,24,31);3H2,1-2H3/b11-9-,14-10+,16-15-;. The van der Waals surface area contributed by atoms with Crippen molar-refractivity contribution in [2.75, 3.05) is 50.9 Å². The SMILES string of the molecule is CCC.CCNc1c(N/C(C)=C/C=C\C(C(=O)NCCN(CC)C(=O)N(C)C)=C(/C)O)c(=O)c1=O. The summed E-state index contributed by atoms with van der Waals surface area (Å²) in [5, 5.41) is 18.3. The van der Waals surface area contributed by atoms with Crippen LogP contribution in [0.15, 0.2) is 44.8 Å². The van der Waals surface area contributed by atoms with Crippen LogP contribution in [0.4, 0.5) is 16.2 Å². The lowest BCUT2D eigenvalue weighted by molar-refractivity contribution is -0.117. The van der Waals surface area contributed by atoms with Gasteiger partial charge in [-0.25, -0.2) is 4.79 Å². The van der Waals surface area contributed by atoms with Crippen LogP contribution in [0.1, 0.15) is 48.0 Å². The summed E-state index contributed by atoms with van der Waals surface area (Å²) in [6, 6.07) is -0.150. The van der Waals surface area contributed by atoms with E-state index in [1.54, 1.807) is 38.1 Å². The number of urea groups is 1. The minimum Gasteiger partial charge on any atom is -0.512 e. The molecule has 0 fully saturated rings. The molecule has 0 aromatic heterocycles. The van der Waals surface area contributed by atoms with Crippen molar-refractivity contribution in [3.63, 3.8) is 0 Å². The third-order valence-electron chi connectivity index (χ3n) is 4.53. The third kappa shape index (κ3) is 10.1. The Labute approximate surface area is 208 Å². The van der Waals surface area contributed by atoms with Crippen molar-refractivity contribution in [1.29, 1.82) is 0 Å². The van der Waals surface area contributed by atoms with E-state index in [0.29, 0.717) is 25.3 Å². The van der Waals surface area contributed by atoms with Crippen molar-refractivity contribution in [1.82, 2.24) is 15.1 Å². The predicted molar refractivity (Wildman–Crippen MR) is 143 cm³/mol. The molecule has 35 heavy (non-hydrogen) atoms. The van der Waals surface area contributed by atoms with Crippen LogP contribution in [-0.4, -0.2) is 67.1 Å². The lowest BCUT2D eigenvalue weighted by Crippen LogP contribution is -2.43. The van der Waals surface area contributed by atoms with Crippen molar-refractivity contribution in [3.8, 4) is 0 Å². The van der Waals surface area contributed by atoms with Gasteiger partial charge in [0, 0.05) is 46.0 Å². The molecule has 0 aliphatic rings. The number of aliphatic hydroxyl groups is 1. The number of allylic oxidation sites excluding steroid dienone is 4. The minimum absolute atomic E-state index is 0.0680. The summed E-state index contributed by atoms with van der Waals surface area (Å²) < 4.78 is 0. The van der Waals surface area contributed by atoms with Gasteiger partial charge < -0.3 is 30.9 Å². The van der Waals surface area contributed by atoms with Gasteiger partial charge in [-0.1, -0.05) is 26.3 Å². The molecule has 10 heteroatoms. The second-order valence-electron chi connectivity index (χ2n) is 7.99. The molecule has 0 saturated carbocycles. The van der Waals surface area contributed by atoms with Crippen LogP contribution in [0.5, 0.6) is 0 Å². The first-order valence-corrected chi connectivity index (χ1v) is 11.8. The Morgan fingerprint density at radius 1 is 1.00 bits per heavy atom. The van der Waals surface area contributed by atoms with Gasteiger partial charge in [-0.05, 0) is 39.8 Å². The van der Waals surface area contributed by atoms with Crippen molar-refractivity contribution in [2.24, 2.45) is 0 Å². The summed E-state index contributed by atoms with van der Waals surface area (Å²) in [6.07, 6.45) is 5.84. The first-order chi connectivity index (χ1) is 16.5. The first kappa shape index (κ1) is 31.4. The molecule has 0 saturated heterocycles. The first-order valence-electron chi connectivity index (χ1n) is 11.8. The number of anilines is 2. The molecular weight excluding hydrogens is 450 g/mol. The Bertz CT molecular complexity index is 997. The van der Waals surface area contributed by atoms with Gasteiger partial charge in [-0.2, -0.15) is 0 Å². The fraction of sp³-hybridized carbons (Fsp3) is 0.520. The molecule has 1 aromatic carbocycles. The van der Waals surface area contributed by atoms with E-state index in [2.05, 4.69) is 29.8 Å². The Hall–Kier alpha value is -3.56. The number of carbonyl (C=O) groups excluding carboxylic acids is 2. The number of nitrogens with one attached hydrogen (secondary N) is 3. The minimum atomic E-state index is -0.585. The molecule has 0 aliphatic heterocycles. The number of hydrogen-bond acceptors (Lipinski definition) is 7. The number of amides is 3. The highest BCUT2D eigenvalue weighted by Gasteiger charge is 2.20. The quantitative estimate of drug-likeness (QED) is 0.162. The molecule has 0 bridgehead atoms. The molecule has 0 radical (unpaired) electrons. The van der Waals surface area contributed by atoms with Gasteiger partial charge in [0.1, 0.15) is 17.1 Å². The largest absolute Gasteiger partial charge is 0.512 e. The average Bonchev–Trinajstić information content (AvgIpc) is 2.81. The molecule has 0 unspecified atom stereocenters. The van der Waals surface area contributed by atoms with Crippen molar-refractivity contribution < 1.29 is 14.7 Å². The van der Waals surface area contributed by atoms with Gasteiger partial charge in [0.05, 0.1) is 5.57 Å². The van der Waals surface area contributed by atoms with Crippen LogP contribution in [-0.2, 0) is 4.79 Å². The molecule has 10 nitrogen and oxygen atoms in total. The van der Waals surface area contributed by atoms with Crippen molar-refractivity contribution >= 4 is 23.3 Å². The van der Waals surface area contributed by atoms with Gasteiger partial charge in [-0.15, -0.1) is 0 Å². The zero-order chi connectivity index (χ0) is 27.1. The second-order valence-corrected chi connectivity index (χ2v) is 7.99. The predicted octanol–water partition coefficient (Wildman–Crippen LogP) is 2.95. The lowest BCUT2D eigenvalue weighted by atomic mass is 10.1. The van der Waals surface area contributed by atoms with Gasteiger partial charge in [0.25, 0.3) is 16.8 Å². The molecule has 0 heterocycles. The number of rotatable bonds is 11. The average molecular weight is 492 g/mol. The summed E-state index contributed by atoms with van der Waals surface area (Å²) >= 11 is 0. The monoisotopic (exact) mass is 491 g/mol. The number of nitrogens with zero attached hydrogens (tertiary/aromatic N) is 2. The fourth-order valence-corrected chi connectivity index (χ4v) is 2.82. The van der Waals surface area contributed by atoms with Gasteiger partial charge >= 0.3 is 6.03 Å². The third-order valence-corrected chi connectivity index (χ3v) is 4.53. The number of carbonyl (C=O) groups is 2. The van der Waals surface area contributed by atoms with Crippen molar-refractivity contribution in [2.45, 2.75) is 48.0 Å². The number of likely N-dealkylation sites (N-methyl/N-ethyl adjacent to an activating group) is 1. The number of aliphatic hydroxyl groups excluding tert-OH is 1. The van der Waals surface area contributed by atoms with Gasteiger partial charge in [0.2, 0.25) is 0 Å². The summed E-state index contributed by atoms with van der Waals surface area (Å²) in [6.45, 7) is 12.6. The zero-order valence-electron chi connectivity index (χ0n) is 22.2. The normalized spacial score (nSPS) is 11.9. The smallest absolute Gasteiger partial charge is 0.319 e. The van der Waals surface area contributed by atoms with E-state index in [9.17, 15) is 24.3 Å². The molecule has 3 amide bonds. The van der Waals surface area contributed by atoms with Gasteiger partial charge in [-0.3, -0.25) is 14.4 Å². The fourth-order valence-electron chi connectivity index (χ4n) is 2.82. The highest BCUT2D eigenvalue weighted by Crippen LogP contribution is 2.16. The van der Waals surface area contributed by atoms with E-state index in [0.717, 1.165) is 0 Å². The Balaban J connectivity index is 0.00000365. The van der Waals surface area contributed by atoms with E-state index in [-0.39, 0.29) is 35.3 Å². The highest BCUT2D eigenvalue weighted by atomic mass is 16.3. The Morgan fingerprint density at radius 2 is 1.57 bits per heavy atom. The topological polar surface area (TPSA) is 131 Å². The van der Waals surface area contributed by atoms with Gasteiger partial charge in [0.15, 0.2) is 0 Å². The number of hydrogen-bond donors (Lipinski definition) is 4. The maximum atomic E-state index is 12.4. The van der Waals surface area contributed by atoms with E-state index in [1.165, 1.54) is 24.3 Å². The lowest BCUT2D eigenvalue weighted by Gasteiger charge is -2.24. The van der Waals surface area contributed by atoms with E-state index < -0.39 is 16.8 Å². The molecule has 0 aliphatic carbocycles. The summed E-state index contributed by atoms with van der Waals surface area (Å²) in [7, 11) is 3.32. The molecule has 0 atom stereocenters. The Kier molecular flexibility index (Phi) is 14.5. The molecule has 1 rings (SSSR count). The maximum Gasteiger partial charge on any atom is 0.319 e. The molecule has 4 N–H and O–H groups in total. The molecule has 0 spiro atoms. The van der Waals surface area contributed by atoms with E-state index in [4.69, 9.17) is 0 Å².